The van der Waals surface area contributed by atoms with Crippen molar-refractivity contribution in [3.8, 4) is 11.3 Å². The van der Waals surface area contributed by atoms with Gasteiger partial charge in [-0.2, -0.15) is 0 Å². The van der Waals surface area contributed by atoms with Crippen LogP contribution in [0.5, 0.6) is 0 Å². The molecule has 0 aliphatic carbocycles. The van der Waals surface area contributed by atoms with Gasteiger partial charge in [0.05, 0.1) is 6.54 Å². The highest BCUT2D eigenvalue weighted by Crippen LogP contribution is 2.23. The molecule has 4 nitrogen and oxygen atoms in total. The summed E-state index contributed by atoms with van der Waals surface area (Å²) in [7, 11) is 0. The van der Waals surface area contributed by atoms with Gasteiger partial charge in [0.15, 0.2) is 0 Å². The normalized spacial score (nSPS) is 12.3. The minimum atomic E-state index is -0.875. The van der Waals surface area contributed by atoms with Crippen LogP contribution in [-0.2, 0) is 11.3 Å². The number of carboxylic acids is 1. The number of hydrogen-bond acceptors (Lipinski definition) is 3. The van der Waals surface area contributed by atoms with Crippen LogP contribution in [0.4, 0.5) is 0 Å². The van der Waals surface area contributed by atoms with Crippen LogP contribution in [-0.4, -0.2) is 17.1 Å². The van der Waals surface area contributed by atoms with Gasteiger partial charge in [-0.1, -0.05) is 28.1 Å². The Hall–Kier alpha value is -1.59. The third-order valence-electron chi connectivity index (χ3n) is 2.74. The Morgan fingerprint density at radius 3 is 2.63 bits per heavy atom. The van der Waals surface area contributed by atoms with E-state index in [1.807, 2.05) is 36.4 Å². The third kappa shape index (κ3) is 3.68. The molecule has 0 saturated carbocycles. The van der Waals surface area contributed by atoms with Crippen molar-refractivity contribution in [1.82, 2.24) is 5.32 Å². The zero-order valence-corrected chi connectivity index (χ0v) is 12.0. The summed E-state index contributed by atoms with van der Waals surface area (Å²) >= 11 is 3.38. The largest absolute Gasteiger partial charge is 0.480 e. The first kappa shape index (κ1) is 13.8. The van der Waals surface area contributed by atoms with Crippen molar-refractivity contribution in [2.45, 2.75) is 19.5 Å². The molecule has 1 heterocycles. The molecule has 100 valence electrons. The SMILES string of the molecule is C[C@H](NCc1ccc(-c2ccc(Br)cc2)o1)C(=O)O. The van der Waals surface area contributed by atoms with E-state index in [-0.39, 0.29) is 0 Å². The number of nitrogens with one attached hydrogen (secondary N) is 1. The molecule has 0 amide bonds. The van der Waals surface area contributed by atoms with Crippen LogP contribution in [0.1, 0.15) is 12.7 Å². The standard InChI is InChI=1S/C14H14BrNO3/c1-9(14(17)18)16-8-12-6-7-13(19-12)10-2-4-11(15)5-3-10/h2-7,9,16H,8H2,1H3,(H,17,18)/t9-/m0/s1. The van der Waals surface area contributed by atoms with Gasteiger partial charge in [0.25, 0.3) is 0 Å². The molecule has 5 heteroatoms. The maximum Gasteiger partial charge on any atom is 0.320 e. The van der Waals surface area contributed by atoms with Crippen molar-refractivity contribution in [1.29, 1.82) is 0 Å². The number of benzene rings is 1. The fourth-order valence-electron chi connectivity index (χ4n) is 1.58. The molecular formula is C14H14BrNO3. The van der Waals surface area contributed by atoms with Gasteiger partial charge in [0, 0.05) is 10.0 Å². The van der Waals surface area contributed by atoms with Crippen molar-refractivity contribution in [2.24, 2.45) is 0 Å². The van der Waals surface area contributed by atoms with E-state index < -0.39 is 12.0 Å². The zero-order chi connectivity index (χ0) is 13.8. The van der Waals surface area contributed by atoms with Crippen molar-refractivity contribution >= 4 is 21.9 Å². The van der Waals surface area contributed by atoms with Crippen molar-refractivity contribution in [3.05, 3.63) is 46.6 Å². The number of rotatable bonds is 5. The van der Waals surface area contributed by atoms with Gasteiger partial charge >= 0.3 is 5.97 Å². The van der Waals surface area contributed by atoms with Crippen LogP contribution >= 0.6 is 15.9 Å². The molecule has 0 unspecified atom stereocenters. The van der Waals surface area contributed by atoms with Gasteiger partial charge in [0.1, 0.15) is 17.6 Å². The number of carboxylic acid groups (broad SMARTS) is 1. The minimum absolute atomic E-state index is 0.393. The molecule has 0 radical (unpaired) electrons. The Labute approximate surface area is 119 Å². The monoisotopic (exact) mass is 323 g/mol. The van der Waals surface area contributed by atoms with E-state index in [0.29, 0.717) is 12.3 Å². The van der Waals surface area contributed by atoms with Gasteiger partial charge in [0.2, 0.25) is 0 Å². The summed E-state index contributed by atoms with van der Waals surface area (Å²) in [6.45, 7) is 1.99. The lowest BCUT2D eigenvalue weighted by molar-refractivity contribution is -0.139. The second kappa shape index (κ2) is 6.04. The first-order valence-electron chi connectivity index (χ1n) is 5.87. The van der Waals surface area contributed by atoms with Crippen molar-refractivity contribution in [3.63, 3.8) is 0 Å². The molecule has 0 bridgehead atoms. The average molecular weight is 324 g/mol. The number of furan rings is 1. The molecule has 1 atom stereocenters. The van der Waals surface area contributed by atoms with E-state index in [1.54, 1.807) is 6.92 Å². The van der Waals surface area contributed by atoms with E-state index in [1.165, 1.54) is 0 Å². The van der Waals surface area contributed by atoms with Crippen LogP contribution in [0, 0.1) is 0 Å². The first-order chi connectivity index (χ1) is 9.06. The second-order valence-corrected chi connectivity index (χ2v) is 5.13. The summed E-state index contributed by atoms with van der Waals surface area (Å²) < 4.78 is 6.68. The van der Waals surface area contributed by atoms with Gasteiger partial charge in [-0.25, -0.2) is 0 Å². The maximum absolute atomic E-state index is 10.7. The predicted molar refractivity (Wildman–Crippen MR) is 75.8 cm³/mol. The maximum atomic E-state index is 10.7. The molecule has 0 aliphatic heterocycles. The van der Waals surface area contributed by atoms with Crippen LogP contribution in [0.15, 0.2) is 45.3 Å². The van der Waals surface area contributed by atoms with Crippen molar-refractivity contribution in [2.75, 3.05) is 0 Å². The summed E-state index contributed by atoms with van der Waals surface area (Å²) in [5, 5.41) is 11.6. The van der Waals surface area contributed by atoms with E-state index in [0.717, 1.165) is 15.8 Å². The number of aliphatic carboxylic acids is 1. The highest BCUT2D eigenvalue weighted by Gasteiger charge is 2.11. The number of carbonyl (C=O) groups is 1. The van der Waals surface area contributed by atoms with Gasteiger partial charge < -0.3 is 9.52 Å². The van der Waals surface area contributed by atoms with Crippen LogP contribution in [0.25, 0.3) is 11.3 Å². The fourth-order valence-corrected chi connectivity index (χ4v) is 1.85. The molecule has 0 fully saturated rings. The summed E-state index contributed by atoms with van der Waals surface area (Å²) in [5.41, 5.74) is 0.987. The molecular weight excluding hydrogens is 310 g/mol. The van der Waals surface area contributed by atoms with Crippen molar-refractivity contribution < 1.29 is 14.3 Å². The summed E-state index contributed by atoms with van der Waals surface area (Å²) in [6, 6.07) is 10.9. The number of halogens is 1. The summed E-state index contributed by atoms with van der Waals surface area (Å²) in [5.74, 6) is 0.609. The lowest BCUT2D eigenvalue weighted by Gasteiger charge is -2.06. The van der Waals surface area contributed by atoms with Crippen LogP contribution < -0.4 is 5.32 Å². The van der Waals surface area contributed by atoms with Gasteiger partial charge in [-0.15, -0.1) is 0 Å². The number of hydrogen-bond donors (Lipinski definition) is 2. The van der Waals surface area contributed by atoms with E-state index >= 15 is 0 Å². The smallest absolute Gasteiger partial charge is 0.320 e. The molecule has 19 heavy (non-hydrogen) atoms. The lowest BCUT2D eigenvalue weighted by Crippen LogP contribution is -2.32. The summed E-state index contributed by atoms with van der Waals surface area (Å²) in [4.78, 5) is 10.7. The predicted octanol–water partition coefficient (Wildman–Crippen LogP) is 3.27. The van der Waals surface area contributed by atoms with E-state index in [4.69, 9.17) is 9.52 Å². The topological polar surface area (TPSA) is 62.5 Å². The van der Waals surface area contributed by atoms with E-state index in [2.05, 4.69) is 21.2 Å². The zero-order valence-electron chi connectivity index (χ0n) is 10.4. The van der Waals surface area contributed by atoms with E-state index in [9.17, 15) is 4.79 Å². The lowest BCUT2D eigenvalue weighted by atomic mass is 10.2. The minimum Gasteiger partial charge on any atom is -0.480 e. The Balaban J connectivity index is 2.03. The quantitative estimate of drug-likeness (QED) is 0.886. The molecule has 1 aromatic heterocycles. The first-order valence-corrected chi connectivity index (χ1v) is 6.66. The average Bonchev–Trinajstić information content (AvgIpc) is 2.85. The Morgan fingerprint density at radius 2 is 2.00 bits per heavy atom. The molecule has 2 N–H and O–H groups in total. The summed E-state index contributed by atoms with van der Waals surface area (Å²) in [6.07, 6.45) is 0. The third-order valence-corrected chi connectivity index (χ3v) is 3.27. The fraction of sp³-hybridized carbons (Fsp3) is 0.214. The Bertz CT molecular complexity index is 562. The highest BCUT2D eigenvalue weighted by molar-refractivity contribution is 9.10. The van der Waals surface area contributed by atoms with Crippen LogP contribution in [0.3, 0.4) is 0 Å². The Kier molecular flexibility index (Phi) is 4.39. The molecule has 0 saturated heterocycles. The van der Waals surface area contributed by atoms with Crippen LogP contribution in [0.2, 0.25) is 0 Å². The van der Waals surface area contributed by atoms with Gasteiger partial charge in [-0.3, -0.25) is 10.1 Å². The Morgan fingerprint density at radius 1 is 1.32 bits per heavy atom. The highest BCUT2D eigenvalue weighted by atomic mass is 79.9. The molecule has 2 aromatic rings. The molecule has 1 aromatic carbocycles. The molecule has 2 rings (SSSR count). The molecule has 0 aliphatic rings. The van der Waals surface area contributed by atoms with Gasteiger partial charge in [-0.05, 0) is 31.2 Å². The molecule has 0 spiro atoms. The second-order valence-electron chi connectivity index (χ2n) is 4.21.